The Bertz CT molecular complexity index is 1090. The molecule has 1 amide bonds. The molecule has 5 nitrogen and oxygen atoms in total. The van der Waals surface area contributed by atoms with E-state index in [1.807, 2.05) is 24.0 Å². The maximum atomic E-state index is 13.6. The van der Waals surface area contributed by atoms with Crippen LogP contribution in [0, 0.1) is 5.82 Å². The van der Waals surface area contributed by atoms with Crippen molar-refractivity contribution in [3.63, 3.8) is 0 Å². The van der Waals surface area contributed by atoms with Crippen LogP contribution in [0.1, 0.15) is 29.4 Å². The molecule has 0 radical (unpaired) electrons. The number of hydrogen-bond acceptors (Lipinski definition) is 4. The van der Waals surface area contributed by atoms with Crippen LogP contribution >= 0.6 is 0 Å². The molecule has 2 aliphatic rings. The number of carbonyl (C=O) groups excluding carboxylic acids is 1. The monoisotopic (exact) mass is 392 g/mol. The molecule has 0 saturated carbocycles. The molecular formula is C23H21FN2O3. The van der Waals surface area contributed by atoms with Gasteiger partial charge < -0.3 is 14.2 Å². The van der Waals surface area contributed by atoms with E-state index in [0.29, 0.717) is 37.2 Å². The number of benzene rings is 2. The van der Waals surface area contributed by atoms with E-state index in [1.165, 1.54) is 12.1 Å². The molecule has 2 aromatic carbocycles. The molecule has 6 heteroatoms. The Morgan fingerprint density at radius 2 is 2.17 bits per heavy atom. The molecule has 29 heavy (non-hydrogen) atoms. The molecular weight excluding hydrogens is 371 g/mol. The highest BCUT2D eigenvalue weighted by molar-refractivity contribution is 5.79. The number of nitrogens with zero attached hydrogens (tertiary/aromatic N) is 2. The number of hydrogen-bond donors (Lipinski definition) is 0. The van der Waals surface area contributed by atoms with E-state index < -0.39 is 0 Å². The second-order valence-electron chi connectivity index (χ2n) is 7.76. The van der Waals surface area contributed by atoms with E-state index in [-0.39, 0.29) is 17.8 Å². The number of amides is 1. The summed E-state index contributed by atoms with van der Waals surface area (Å²) in [5.41, 5.74) is 4.30. The van der Waals surface area contributed by atoms with Crippen molar-refractivity contribution in [2.75, 3.05) is 6.54 Å². The molecule has 0 fully saturated rings. The van der Waals surface area contributed by atoms with Crippen LogP contribution in [0.15, 0.2) is 47.0 Å². The van der Waals surface area contributed by atoms with Crippen LogP contribution in [0.2, 0.25) is 0 Å². The third-order valence-electron chi connectivity index (χ3n) is 5.59. The lowest BCUT2D eigenvalue weighted by Crippen LogP contribution is -2.36. The van der Waals surface area contributed by atoms with Gasteiger partial charge in [0, 0.05) is 30.5 Å². The summed E-state index contributed by atoms with van der Waals surface area (Å²) in [5.74, 6) is 1.43. The largest absolute Gasteiger partial charge is 0.490 e. The van der Waals surface area contributed by atoms with Gasteiger partial charge in [-0.05, 0) is 36.2 Å². The number of aromatic nitrogens is 1. The molecule has 0 bridgehead atoms. The maximum absolute atomic E-state index is 13.6. The van der Waals surface area contributed by atoms with Gasteiger partial charge in [0.2, 0.25) is 5.91 Å². The minimum Gasteiger partial charge on any atom is -0.490 e. The molecule has 148 valence electrons. The SMILES string of the molecule is C[C@@H]1Cc2cc(CC(=O)N3CCc4onc(-c5cccc(F)c5)c4C3)ccc2O1. The fourth-order valence-electron chi connectivity index (χ4n) is 4.16. The number of ether oxygens (including phenoxy) is 1. The van der Waals surface area contributed by atoms with Crippen LogP contribution in [-0.2, 0) is 30.6 Å². The molecule has 1 aromatic heterocycles. The lowest BCUT2D eigenvalue weighted by atomic mass is 10.00. The van der Waals surface area contributed by atoms with Crippen LogP contribution in [0.25, 0.3) is 11.3 Å². The van der Waals surface area contributed by atoms with Crippen molar-refractivity contribution in [2.45, 2.75) is 38.8 Å². The van der Waals surface area contributed by atoms with Crippen LogP contribution in [0.3, 0.4) is 0 Å². The number of fused-ring (bicyclic) bond motifs is 2. The predicted molar refractivity (Wildman–Crippen MR) is 105 cm³/mol. The van der Waals surface area contributed by atoms with Gasteiger partial charge in [0.25, 0.3) is 0 Å². The fraction of sp³-hybridized carbons (Fsp3) is 0.304. The summed E-state index contributed by atoms with van der Waals surface area (Å²) < 4.78 is 24.8. The third-order valence-corrected chi connectivity index (χ3v) is 5.59. The normalized spacial score (nSPS) is 17.6. The van der Waals surface area contributed by atoms with Crippen molar-refractivity contribution in [1.82, 2.24) is 10.1 Å². The van der Waals surface area contributed by atoms with Crippen molar-refractivity contribution in [1.29, 1.82) is 0 Å². The average Bonchev–Trinajstić information content (AvgIpc) is 3.29. The summed E-state index contributed by atoms with van der Waals surface area (Å²) in [6, 6.07) is 12.3. The van der Waals surface area contributed by atoms with Gasteiger partial charge in [-0.25, -0.2) is 4.39 Å². The summed E-state index contributed by atoms with van der Waals surface area (Å²) in [6.45, 7) is 3.06. The van der Waals surface area contributed by atoms with Crippen molar-refractivity contribution in [2.24, 2.45) is 0 Å². The van der Waals surface area contributed by atoms with Crippen LogP contribution in [-0.4, -0.2) is 28.6 Å². The van der Waals surface area contributed by atoms with Crippen LogP contribution in [0.4, 0.5) is 4.39 Å². The first-order valence-corrected chi connectivity index (χ1v) is 9.86. The number of halogens is 1. The summed E-state index contributed by atoms with van der Waals surface area (Å²) in [7, 11) is 0. The quantitative estimate of drug-likeness (QED) is 0.678. The Morgan fingerprint density at radius 3 is 3.03 bits per heavy atom. The third kappa shape index (κ3) is 3.39. The molecule has 1 atom stereocenters. The van der Waals surface area contributed by atoms with Crippen molar-refractivity contribution < 1.29 is 18.4 Å². The minimum atomic E-state index is -0.321. The van der Waals surface area contributed by atoms with E-state index in [0.717, 1.165) is 34.6 Å². The van der Waals surface area contributed by atoms with E-state index in [1.54, 1.807) is 12.1 Å². The van der Waals surface area contributed by atoms with Gasteiger partial charge >= 0.3 is 0 Å². The first-order valence-electron chi connectivity index (χ1n) is 9.86. The van der Waals surface area contributed by atoms with Crippen molar-refractivity contribution in [3.05, 3.63) is 70.7 Å². The average molecular weight is 392 g/mol. The van der Waals surface area contributed by atoms with Gasteiger partial charge in [-0.3, -0.25) is 4.79 Å². The lowest BCUT2D eigenvalue weighted by Gasteiger charge is -2.26. The van der Waals surface area contributed by atoms with Gasteiger partial charge in [0.05, 0.1) is 13.0 Å². The molecule has 3 aromatic rings. The Labute approximate surface area is 168 Å². The molecule has 5 rings (SSSR count). The topological polar surface area (TPSA) is 55.6 Å². The number of carbonyl (C=O) groups is 1. The van der Waals surface area contributed by atoms with Crippen molar-refractivity contribution in [3.8, 4) is 17.0 Å². The van der Waals surface area contributed by atoms with E-state index in [4.69, 9.17) is 9.26 Å². The Hall–Kier alpha value is -3.15. The molecule has 0 aliphatic carbocycles. The van der Waals surface area contributed by atoms with Crippen LogP contribution < -0.4 is 4.74 Å². The van der Waals surface area contributed by atoms with E-state index >= 15 is 0 Å². The van der Waals surface area contributed by atoms with Gasteiger partial charge in [-0.2, -0.15) is 0 Å². The van der Waals surface area contributed by atoms with Gasteiger partial charge in [-0.1, -0.05) is 29.4 Å². The summed E-state index contributed by atoms with van der Waals surface area (Å²) in [5, 5.41) is 4.14. The first-order chi connectivity index (χ1) is 14.1. The standard InChI is InChI=1S/C23H21FN2O3/c1-14-9-17-10-15(5-6-20(17)28-14)11-22(27)26-8-7-21-19(13-26)23(25-29-21)16-3-2-4-18(24)12-16/h2-6,10,12,14H,7-9,11,13H2,1H3/t14-/m1/s1. The first kappa shape index (κ1) is 17.9. The predicted octanol–water partition coefficient (Wildman–Crippen LogP) is 3.93. The molecule has 0 N–H and O–H groups in total. The van der Waals surface area contributed by atoms with E-state index in [9.17, 15) is 9.18 Å². The summed E-state index contributed by atoms with van der Waals surface area (Å²) in [4.78, 5) is 14.8. The molecule has 0 saturated heterocycles. The molecule has 2 aliphatic heterocycles. The van der Waals surface area contributed by atoms with Gasteiger partial charge in [0.15, 0.2) is 0 Å². The Morgan fingerprint density at radius 1 is 1.28 bits per heavy atom. The van der Waals surface area contributed by atoms with Gasteiger partial charge in [-0.15, -0.1) is 0 Å². The lowest BCUT2D eigenvalue weighted by molar-refractivity contribution is -0.131. The zero-order valence-corrected chi connectivity index (χ0v) is 16.2. The molecule has 3 heterocycles. The highest BCUT2D eigenvalue weighted by Gasteiger charge is 2.28. The Balaban J connectivity index is 1.34. The fourth-order valence-corrected chi connectivity index (χ4v) is 4.16. The molecule has 0 unspecified atom stereocenters. The zero-order valence-electron chi connectivity index (χ0n) is 16.2. The summed E-state index contributed by atoms with van der Waals surface area (Å²) in [6.07, 6.45) is 2.02. The zero-order chi connectivity index (χ0) is 20.0. The van der Waals surface area contributed by atoms with Crippen LogP contribution in [0.5, 0.6) is 5.75 Å². The van der Waals surface area contributed by atoms with Gasteiger partial charge in [0.1, 0.15) is 29.1 Å². The second-order valence-corrected chi connectivity index (χ2v) is 7.76. The maximum Gasteiger partial charge on any atom is 0.227 e. The Kier molecular flexibility index (Phi) is 4.34. The molecule has 0 spiro atoms. The van der Waals surface area contributed by atoms with E-state index in [2.05, 4.69) is 11.2 Å². The number of rotatable bonds is 3. The highest BCUT2D eigenvalue weighted by atomic mass is 19.1. The minimum absolute atomic E-state index is 0.0638. The highest BCUT2D eigenvalue weighted by Crippen LogP contribution is 2.32. The summed E-state index contributed by atoms with van der Waals surface area (Å²) >= 11 is 0. The smallest absolute Gasteiger partial charge is 0.227 e. The second kappa shape index (κ2) is 7.03. The van der Waals surface area contributed by atoms with Crippen molar-refractivity contribution >= 4 is 5.91 Å².